The Labute approximate surface area is 148 Å². The molecular weight excluding hydrogens is 338 g/mol. The molecule has 2 amide bonds. The van der Waals surface area contributed by atoms with E-state index >= 15 is 0 Å². The van der Waals surface area contributed by atoms with E-state index in [0.717, 1.165) is 12.8 Å². The minimum Gasteiger partial charge on any atom is -0.431 e. The maximum Gasteiger partial charge on any atom is 0.302 e. The van der Waals surface area contributed by atoms with E-state index in [1.54, 1.807) is 17.5 Å². The Morgan fingerprint density at radius 1 is 1.08 bits per heavy atom. The lowest BCUT2D eigenvalue weighted by Gasteiger charge is -2.03. The maximum absolute atomic E-state index is 12.0. The fourth-order valence-corrected chi connectivity index (χ4v) is 2.85. The van der Waals surface area contributed by atoms with Crippen molar-refractivity contribution in [2.45, 2.75) is 12.8 Å². The van der Waals surface area contributed by atoms with Crippen molar-refractivity contribution < 1.29 is 14.0 Å². The molecular formula is C18H17N3O3S. The second-order valence-electron chi connectivity index (χ2n) is 5.31. The molecule has 128 valence electrons. The van der Waals surface area contributed by atoms with Crippen LogP contribution in [0.25, 0.3) is 0 Å². The lowest BCUT2D eigenvalue weighted by molar-refractivity contribution is 0.0947. The van der Waals surface area contributed by atoms with Crippen LogP contribution in [0.5, 0.6) is 0 Å². The quantitative estimate of drug-likeness (QED) is 0.637. The standard InChI is InChI=1S/C18H17N3O3S/c22-16(19-10-4-8-13-6-2-1-3-7-13)14-12-24-18(20-14)21-17(23)15-9-5-11-25-15/h1-3,5-7,9,11-12H,4,8,10H2,(H,19,22)(H,20,21,23). The first-order chi connectivity index (χ1) is 12.2. The Morgan fingerprint density at radius 2 is 1.92 bits per heavy atom. The second kappa shape index (κ2) is 8.25. The number of amides is 2. The number of benzene rings is 1. The van der Waals surface area contributed by atoms with Crippen LogP contribution in [0.1, 0.15) is 32.1 Å². The molecule has 0 saturated carbocycles. The zero-order valence-corrected chi connectivity index (χ0v) is 14.2. The van der Waals surface area contributed by atoms with Crippen molar-refractivity contribution in [2.75, 3.05) is 11.9 Å². The molecule has 0 fully saturated rings. The summed E-state index contributed by atoms with van der Waals surface area (Å²) < 4.78 is 5.13. The summed E-state index contributed by atoms with van der Waals surface area (Å²) in [4.78, 5) is 28.5. The van der Waals surface area contributed by atoms with Gasteiger partial charge < -0.3 is 9.73 Å². The smallest absolute Gasteiger partial charge is 0.302 e. The van der Waals surface area contributed by atoms with Crippen LogP contribution in [0.15, 0.2) is 58.5 Å². The number of oxazole rings is 1. The number of hydrogen-bond donors (Lipinski definition) is 2. The van der Waals surface area contributed by atoms with Gasteiger partial charge in [-0.2, -0.15) is 4.98 Å². The summed E-state index contributed by atoms with van der Waals surface area (Å²) in [5, 5.41) is 7.12. The van der Waals surface area contributed by atoms with Gasteiger partial charge in [0.15, 0.2) is 5.69 Å². The van der Waals surface area contributed by atoms with Crippen LogP contribution in [0.2, 0.25) is 0 Å². The molecule has 2 heterocycles. The fourth-order valence-electron chi connectivity index (χ4n) is 2.23. The predicted octanol–water partition coefficient (Wildman–Crippen LogP) is 3.35. The molecule has 7 heteroatoms. The summed E-state index contributed by atoms with van der Waals surface area (Å²) in [6.07, 6.45) is 2.95. The number of nitrogens with one attached hydrogen (secondary N) is 2. The van der Waals surface area contributed by atoms with Crippen molar-refractivity contribution in [2.24, 2.45) is 0 Å². The minimum atomic E-state index is -0.326. The van der Waals surface area contributed by atoms with E-state index < -0.39 is 0 Å². The Kier molecular flexibility index (Phi) is 5.58. The topological polar surface area (TPSA) is 84.2 Å². The van der Waals surface area contributed by atoms with Gasteiger partial charge in [0.25, 0.3) is 11.8 Å². The molecule has 0 spiro atoms. The van der Waals surface area contributed by atoms with E-state index in [1.165, 1.54) is 23.2 Å². The predicted molar refractivity (Wildman–Crippen MR) is 95.9 cm³/mol. The van der Waals surface area contributed by atoms with Gasteiger partial charge in [0, 0.05) is 6.54 Å². The first-order valence-corrected chi connectivity index (χ1v) is 8.73. The van der Waals surface area contributed by atoms with Gasteiger partial charge in [-0.3, -0.25) is 14.9 Å². The highest BCUT2D eigenvalue weighted by Gasteiger charge is 2.14. The van der Waals surface area contributed by atoms with E-state index in [0.29, 0.717) is 11.4 Å². The fraction of sp³-hybridized carbons (Fsp3) is 0.167. The van der Waals surface area contributed by atoms with Gasteiger partial charge in [-0.15, -0.1) is 11.3 Å². The highest BCUT2D eigenvalue weighted by atomic mass is 32.1. The molecule has 3 aromatic rings. The van der Waals surface area contributed by atoms with Gasteiger partial charge in [-0.1, -0.05) is 36.4 Å². The molecule has 0 aliphatic heterocycles. The van der Waals surface area contributed by atoms with Crippen LogP contribution in [0.4, 0.5) is 6.01 Å². The van der Waals surface area contributed by atoms with Crippen LogP contribution >= 0.6 is 11.3 Å². The summed E-state index contributed by atoms with van der Waals surface area (Å²) >= 11 is 1.31. The largest absolute Gasteiger partial charge is 0.431 e. The molecule has 0 bridgehead atoms. The van der Waals surface area contributed by atoms with Gasteiger partial charge >= 0.3 is 6.01 Å². The van der Waals surface area contributed by atoms with Crippen LogP contribution in [0.3, 0.4) is 0 Å². The van der Waals surface area contributed by atoms with Gasteiger partial charge in [0.1, 0.15) is 6.26 Å². The molecule has 2 aromatic heterocycles. The second-order valence-corrected chi connectivity index (χ2v) is 6.26. The third-order valence-corrected chi connectivity index (χ3v) is 4.34. The maximum atomic E-state index is 12.0. The molecule has 0 aliphatic carbocycles. The van der Waals surface area contributed by atoms with E-state index in [9.17, 15) is 9.59 Å². The van der Waals surface area contributed by atoms with Crippen LogP contribution in [0, 0.1) is 0 Å². The number of aryl methyl sites for hydroxylation is 1. The van der Waals surface area contributed by atoms with Crippen LogP contribution < -0.4 is 10.6 Å². The zero-order valence-electron chi connectivity index (χ0n) is 13.4. The Balaban J connectivity index is 1.45. The molecule has 0 radical (unpaired) electrons. The third kappa shape index (κ3) is 4.77. The van der Waals surface area contributed by atoms with Crippen molar-refractivity contribution in [1.82, 2.24) is 10.3 Å². The number of aromatic nitrogens is 1. The number of thiophene rings is 1. The lowest BCUT2D eigenvalue weighted by atomic mass is 10.1. The number of anilines is 1. The van der Waals surface area contributed by atoms with Crippen LogP contribution in [-0.4, -0.2) is 23.3 Å². The van der Waals surface area contributed by atoms with Gasteiger partial charge in [0.2, 0.25) is 0 Å². The molecule has 6 nitrogen and oxygen atoms in total. The number of nitrogens with zero attached hydrogens (tertiary/aromatic N) is 1. The molecule has 0 unspecified atom stereocenters. The molecule has 3 rings (SSSR count). The molecule has 0 saturated heterocycles. The van der Waals surface area contributed by atoms with Crippen molar-refractivity contribution in [3.63, 3.8) is 0 Å². The monoisotopic (exact) mass is 355 g/mol. The Hall–Kier alpha value is -2.93. The summed E-state index contributed by atoms with van der Waals surface area (Å²) in [6, 6.07) is 13.6. The SMILES string of the molecule is O=C(NCCCc1ccccc1)c1coc(NC(=O)c2cccs2)n1. The number of hydrogen-bond acceptors (Lipinski definition) is 5. The average Bonchev–Trinajstić information content (AvgIpc) is 3.31. The van der Waals surface area contributed by atoms with E-state index in [-0.39, 0.29) is 23.5 Å². The lowest BCUT2D eigenvalue weighted by Crippen LogP contribution is -2.25. The summed E-state index contributed by atoms with van der Waals surface area (Å²) in [7, 11) is 0. The summed E-state index contributed by atoms with van der Waals surface area (Å²) in [5.74, 6) is -0.639. The Morgan fingerprint density at radius 3 is 2.68 bits per heavy atom. The molecule has 1 aromatic carbocycles. The van der Waals surface area contributed by atoms with Crippen molar-refractivity contribution in [1.29, 1.82) is 0 Å². The van der Waals surface area contributed by atoms with Gasteiger partial charge in [-0.25, -0.2) is 0 Å². The van der Waals surface area contributed by atoms with Crippen molar-refractivity contribution >= 4 is 29.2 Å². The van der Waals surface area contributed by atoms with Crippen molar-refractivity contribution in [3.8, 4) is 0 Å². The third-order valence-electron chi connectivity index (χ3n) is 3.47. The number of carbonyl (C=O) groups is 2. The first-order valence-electron chi connectivity index (χ1n) is 7.85. The van der Waals surface area contributed by atoms with Gasteiger partial charge in [0.05, 0.1) is 4.88 Å². The molecule has 25 heavy (non-hydrogen) atoms. The average molecular weight is 355 g/mol. The highest BCUT2D eigenvalue weighted by molar-refractivity contribution is 7.12. The molecule has 2 N–H and O–H groups in total. The van der Waals surface area contributed by atoms with Crippen LogP contribution in [-0.2, 0) is 6.42 Å². The molecule has 0 atom stereocenters. The zero-order chi connectivity index (χ0) is 17.5. The minimum absolute atomic E-state index is 0.00726. The van der Waals surface area contributed by atoms with Gasteiger partial charge in [-0.05, 0) is 29.9 Å². The normalized spacial score (nSPS) is 10.4. The first kappa shape index (κ1) is 16.9. The highest BCUT2D eigenvalue weighted by Crippen LogP contribution is 2.13. The summed E-state index contributed by atoms with van der Waals surface area (Å²) in [5.41, 5.74) is 1.37. The van der Waals surface area contributed by atoms with E-state index in [1.807, 2.05) is 18.2 Å². The molecule has 0 aliphatic rings. The number of rotatable bonds is 7. The van der Waals surface area contributed by atoms with E-state index in [4.69, 9.17) is 4.42 Å². The van der Waals surface area contributed by atoms with Crippen molar-refractivity contribution in [3.05, 3.63) is 70.2 Å². The summed E-state index contributed by atoms with van der Waals surface area (Å²) in [6.45, 7) is 0.539. The van der Waals surface area contributed by atoms with E-state index in [2.05, 4.69) is 27.8 Å². The number of carbonyl (C=O) groups excluding carboxylic acids is 2. The Bertz CT molecular complexity index is 828.